The van der Waals surface area contributed by atoms with E-state index in [-0.39, 0.29) is 25.0 Å². The fourth-order valence-electron chi connectivity index (χ4n) is 3.19. The lowest BCUT2D eigenvalue weighted by Crippen LogP contribution is -2.33. The molecule has 1 aliphatic rings. The molecule has 11 heteroatoms. The first-order valence-corrected chi connectivity index (χ1v) is 10.6. The molecule has 2 atom stereocenters. The fourth-order valence-corrected chi connectivity index (χ4v) is 5.40. The van der Waals surface area contributed by atoms with Gasteiger partial charge in [-0.1, -0.05) is 10.8 Å². The molecule has 0 amide bonds. The van der Waals surface area contributed by atoms with Crippen molar-refractivity contribution in [2.45, 2.75) is 36.6 Å². The summed E-state index contributed by atoms with van der Waals surface area (Å²) in [4.78, 5) is 15.8. The first-order valence-electron chi connectivity index (χ1n) is 8.33. The van der Waals surface area contributed by atoms with Crippen LogP contribution in [-0.2, 0) is 22.5 Å². The number of imidazole rings is 1. The summed E-state index contributed by atoms with van der Waals surface area (Å²) in [6.07, 6.45) is 2.83. The first kappa shape index (κ1) is 23.0. The van der Waals surface area contributed by atoms with E-state index in [1.807, 2.05) is 4.57 Å². The van der Waals surface area contributed by atoms with E-state index in [1.54, 1.807) is 6.20 Å². The quantitative estimate of drug-likeness (QED) is 0.494. The van der Waals surface area contributed by atoms with Crippen LogP contribution in [0.3, 0.4) is 0 Å². The van der Waals surface area contributed by atoms with E-state index >= 15 is 0 Å². The molecule has 3 rings (SSSR count). The third-order valence-electron chi connectivity index (χ3n) is 4.47. The molecule has 1 aliphatic carbocycles. The standard InChI is InChI=1S/C17H20F2N4O2S2.ClH/c1-25-16(24)14(21)8-26-27-17-22-7-10(6-20)23(17)15-3-2-11-12(15)4-9(18)5-13(11)19;/h4-5,7,14-15H,2-3,6,8,20-21H2,1H3;1H/t14-,15?;/m0./s1. The van der Waals surface area contributed by atoms with E-state index in [0.717, 1.165) is 11.8 Å². The SMILES string of the molecule is COC(=O)[C@@H](N)CSSc1ncc(CN)n1C1CCc2c(F)cc(F)cc21.Cl. The van der Waals surface area contributed by atoms with Crippen LogP contribution in [0.4, 0.5) is 8.78 Å². The fraction of sp³-hybridized carbons (Fsp3) is 0.412. The molecule has 0 radical (unpaired) electrons. The maximum Gasteiger partial charge on any atom is 0.323 e. The number of fused-ring (bicyclic) bond motifs is 1. The van der Waals surface area contributed by atoms with Crippen molar-refractivity contribution in [1.82, 2.24) is 9.55 Å². The molecule has 0 saturated heterocycles. The van der Waals surface area contributed by atoms with Gasteiger partial charge in [-0.15, -0.1) is 12.4 Å². The summed E-state index contributed by atoms with van der Waals surface area (Å²) in [6, 6.07) is 1.33. The highest BCUT2D eigenvalue weighted by atomic mass is 35.5. The summed E-state index contributed by atoms with van der Waals surface area (Å²) in [5.74, 6) is -1.26. The van der Waals surface area contributed by atoms with Crippen molar-refractivity contribution in [3.8, 4) is 0 Å². The van der Waals surface area contributed by atoms with Crippen molar-refractivity contribution in [3.63, 3.8) is 0 Å². The molecule has 4 N–H and O–H groups in total. The van der Waals surface area contributed by atoms with Crippen LogP contribution in [0.15, 0.2) is 23.5 Å². The number of hydrogen-bond acceptors (Lipinski definition) is 7. The van der Waals surface area contributed by atoms with Crippen molar-refractivity contribution >= 4 is 40.0 Å². The molecule has 1 unspecified atom stereocenters. The number of nitrogens with two attached hydrogens (primary N) is 2. The predicted octanol–water partition coefficient (Wildman–Crippen LogP) is 2.82. The Kier molecular flexibility index (Phi) is 8.14. The zero-order valence-corrected chi connectivity index (χ0v) is 17.5. The van der Waals surface area contributed by atoms with Gasteiger partial charge in [0, 0.05) is 18.4 Å². The van der Waals surface area contributed by atoms with E-state index in [2.05, 4.69) is 9.72 Å². The lowest BCUT2D eigenvalue weighted by Gasteiger charge is -2.19. The van der Waals surface area contributed by atoms with Gasteiger partial charge in [-0.2, -0.15) is 0 Å². The molecule has 1 aromatic heterocycles. The second-order valence-electron chi connectivity index (χ2n) is 6.11. The summed E-state index contributed by atoms with van der Waals surface area (Å²) >= 11 is 0. The Morgan fingerprint density at radius 2 is 2.21 bits per heavy atom. The highest BCUT2D eigenvalue weighted by molar-refractivity contribution is 8.76. The van der Waals surface area contributed by atoms with Crippen LogP contribution in [0.5, 0.6) is 0 Å². The predicted molar refractivity (Wildman–Crippen MR) is 108 cm³/mol. The van der Waals surface area contributed by atoms with Gasteiger partial charge in [0.25, 0.3) is 0 Å². The Balaban J connectivity index is 0.00000280. The molecule has 0 spiro atoms. The summed E-state index contributed by atoms with van der Waals surface area (Å²) in [6.45, 7) is 0.254. The van der Waals surface area contributed by atoms with Crippen LogP contribution >= 0.6 is 34.0 Å². The van der Waals surface area contributed by atoms with Gasteiger partial charge in [0.2, 0.25) is 0 Å². The van der Waals surface area contributed by atoms with Crippen molar-refractivity contribution in [2.75, 3.05) is 12.9 Å². The minimum absolute atomic E-state index is 0. The number of rotatable bonds is 7. The van der Waals surface area contributed by atoms with E-state index < -0.39 is 23.6 Å². The van der Waals surface area contributed by atoms with E-state index in [1.165, 1.54) is 34.8 Å². The summed E-state index contributed by atoms with van der Waals surface area (Å²) in [5, 5.41) is 0.653. The van der Waals surface area contributed by atoms with Gasteiger partial charge in [0.1, 0.15) is 17.7 Å². The van der Waals surface area contributed by atoms with Crippen molar-refractivity contribution < 1.29 is 18.3 Å². The third-order valence-corrected chi connectivity index (χ3v) is 6.74. The highest BCUT2D eigenvalue weighted by Gasteiger charge is 2.30. The normalized spacial score (nSPS) is 16.4. The molecule has 154 valence electrons. The van der Waals surface area contributed by atoms with Crippen LogP contribution in [0.25, 0.3) is 0 Å². The molecule has 0 aliphatic heterocycles. The van der Waals surface area contributed by atoms with E-state index in [9.17, 15) is 13.6 Å². The van der Waals surface area contributed by atoms with E-state index in [4.69, 9.17) is 11.5 Å². The number of ether oxygens (including phenoxy) is 1. The number of esters is 1. The molecule has 1 aromatic carbocycles. The van der Waals surface area contributed by atoms with Gasteiger partial charge in [-0.25, -0.2) is 13.8 Å². The third kappa shape index (κ3) is 4.62. The first-order chi connectivity index (χ1) is 13.0. The minimum Gasteiger partial charge on any atom is -0.468 e. The van der Waals surface area contributed by atoms with Gasteiger partial charge < -0.3 is 20.8 Å². The Labute approximate surface area is 175 Å². The number of nitrogens with zero attached hydrogens (tertiary/aromatic N) is 2. The second-order valence-corrected chi connectivity index (χ2v) is 8.42. The van der Waals surface area contributed by atoms with Crippen LogP contribution in [-0.4, -0.2) is 34.4 Å². The molecule has 28 heavy (non-hydrogen) atoms. The second kappa shape index (κ2) is 9.93. The van der Waals surface area contributed by atoms with Crippen molar-refractivity contribution in [1.29, 1.82) is 0 Å². The lowest BCUT2D eigenvalue weighted by molar-refractivity contribution is -0.141. The average Bonchev–Trinajstić information content (AvgIpc) is 3.24. The maximum atomic E-state index is 14.1. The molecule has 0 bridgehead atoms. The van der Waals surface area contributed by atoms with Gasteiger partial charge in [-0.05, 0) is 40.8 Å². The lowest BCUT2D eigenvalue weighted by atomic mass is 10.1. The summed E-state index contributed by atoms with van der Waals surface area (Å²) in [5.41, 5.74) is 13.5. The smallest absolute Gasteiger partial charge is 0.323 e. The van der Waals surface area contributed by atoms with Crippen LogP contribution in [0.2, 0.25) is 0 Å². The van der Waals surface area contributed by atoms with Crippen LogP contribution in [0.1, 0.15) is 29.3 Å². The van der Waals surface area contributed by atoms with Gasteiger partial charge in [0.05, 0.1) is 25.0 Å². The molecular weight excluding hydrogens is 430 g/mol. The monoisotopic (exact) mass is 450 g/mol. The summed E-state index contributed by atoms with van der Waals surface area (Å²) < 4.78 is 34.4. The van der Waals surface area contributed by atoms with Crippen molar-refractivity contribution in [3.05, 3.63) is 46.8 Å². The molecule has 6 nitrogen and oxygen atoms in total. The van der Waals surface area contributed by atoms with Gasteiger partial charge in [-0.3, -0.25) is 4.79 Å². The van der Waals surface area contributed by atoms with Crippen molar-refractivity contribution in [2.24, 2.45) is 11.5 Å². The largest absolute Gasteiger partial charge is 0.468 e. The number of carbonyl (C=O) groups is 1. The molecular formula is C17H21ClF2N4O2S2. The Bertz CT molecular complexity index is 853. The zero-order valence-electron chi connectivity index (χ0n) is 15.1. The topological polar surface area (TPSA) is 96.2 Å². The minimum atomic E-state index is -0.736. The van der Waals surface area contributed by atoms with Crippen LogP contribution in [0, 0.1) is 11.6 Å². The number of aromatic nitrogens is 2. The Morgan fingerprint density at radius 3 is 2.89 bits per heavy atom. The average molecular weight is 451 g/mol. The number of methoxy groups -OCH3 is 1. The van der Waals surface area contributed by atoms with E-state index in [0.29, 0.717) is 34.9 Å². The van der Waals surface area contributed by atoms with Gasteiger partial charge >= 0.3 is 5.97 Å². The number of hydrogen-bond donors (Lipinski definition) is 2. The van der Waals surface area contributed by atoms with Crippen LogP contribution < -0.4 is 11.5 Å². The van der Waals surface area contributed by atoms with Gasteiger partial charge in [0.15, 0.2) is 5.16 Å². The molecule has 0 fully saturated rings. The number of carbonyl (C=O) groups excluding carboxylic acids is 1. The molecule has 0 saturated carbocycles. The number of halogens is 3. The zero-order chi connectivity index (χ0) is 19.6. The Morgan fingerprint density at radius 1 is 1.46 bits per heavy atom. The number of benzene rings is 1. The Hall–Kier alpha value is -1.33. The molecule has 1 heterocycles. The summed E-state index contributed by atoms with van der Waals surface area (Å²) in [7, 11) is 4.00. The maximum absolute atomic E-state index is 14.1. The molecule has 2 aromatic rings. The highest BCUT2D eigenvalue weighted by Crippen LogP contribution is 2.41.